The zero-order valence-electron chi connectivity index (χ0n) is 10.5. The van der Waals surface area contributed by atoms with Crippen molar-refractivity contribution in [2.24, 2.45) is 0 Å². The molecule has 0 atom stereocenters. The van der Waals surface area contributed by atoms with Crippen molar-refractivity contribution in [3.05, 3.63) is 23.3 Å². The summed E-state index contributed by atoms with van der Waals surface area (Å²) in [4.78, 5) is 22.9. The number of carboxylic acids is 2. The van der Waals surface area contributed by atoms with Gasteiger partial charge in [-0.2, -0.15) is 5.26 Å². The van der Waals surface area contributed by atoms with Crippen LogP contribution in [0.2, 0.25) is 0 Å². The van der Waals surface area contributed by atoms with E-state index in [1.165, 1.54) is 11.0 Å². The summed E-state index contributed by atoms with van der Waals surface area (Å²) in [5, 5.41) is 26.8. The Labute approximate surface area is 114 Å². The van der Waals surface area contributed by atoms with Crippen molar-refractivity contribution in [3.8, 4) is 11.8 Å². The average Bonchev–Trinajstić information content (AvgIpc) is 2.83. The Bertz CT molecular complexity index is 590. The Morgan fingerprint density at radius 2 is 1.95 bits per heavy atom. The van der Waals surface area contributed by atoms with E-state index in [0.29, 0.717) is 30.0 Å². The second kappa shape index (κ2) is 5.48. The fraction of sp³-hybridized carbons (Fsp3) is 0.308. The van der Waals surface area contributed by atoms with E-state index in [4.69, 9.17) is 20.2 Å². The lowest BCUT2D eigenvalue weighted by atomic mass is 10.1. The van der Waals surface area contributed by atoms with Gasteiger partial charge in [-0.05, 0) is 12.1 Å². The van der Waals surface area contributed by atoms with Crippen LogP contribution < -0.4 is 9.64 Å². The molecule has 1 aliphatic rings. The largest absolute Gasteiger partial charge is 0.491 e. The van der Waals surface area contributed by atoms with Gasteiger partial charge in [0, 0.05) is 12.0 Å². The van der Waals surface area contributed by atoms with E-state index in [0.717, 1.165) is 5.56 Å². The molecule has 104 valence electrons. The molecule has 0 bridgehead atoms. The molecular weight excluding hydrogens is 264 g/mol. The lowest BCUT2D eigenvalue weighted by Gasteiger charge is -2.23. The smallest absolute Gasteiger partial charge is 0.323 e. The molecule has 0 unspecified atom stereocenters. The summed E-state index contributed by atoms with van der Waals surface area (Å²) in [6, 6.07) is 5.11. The molecule has 2 N–H and O–H groups in total. The topological polar surface area (TPSA) is 111 Å². The highest BCUT2D eigenvalue weighted by Crippen LogP contribution is 2.37. The van der Waals surface area contributed by atoms with Crippen molar-refractivity contribution < 1.29 is 24.5 Å². The molecule has 0 fully saturated rings. The third-order valence-electron chi connectivity index (χ3n) is 2.89. The van der Waals surface area contributed by atoms with E-state index in [1.54, 1.807) is 6.07 Å². The van der Waals surface area contributed by atoms with Crippen LogP contribution in [0.25, 0.3) is 0 Å². The number of fused-ring (bicyclic) bond motifs is 1. The fourth-order valence-corrected chi connectivity index (χ4v) is 2.14. The van der Waals surface area contributed by atoms with Crippen LogP contribution in [0.1, 0.15) is 11.1 Å². The number of carbonyl (C=O) groups is 2. The maximum atomic E-state index is 10.9. The summed E-state index contributed by atoms with van der Waals surface area (Å²) in [5.74, 6) is -1.84. The van der Waals surface area contributed by atoms with E-state index in [9.17, 15) is 9.59 Å². The molecule has 0 aromatic heterocycles. The third kappa shape index (κ3) is 2.80. The summed E-state index contributed by atoms with van der Waals surface area (Å²) < 4.78 is 5.44. The van der Waals surface area contributed by atoms with E-state index in [1.807, 2.05) is 6.07 Å². The maximum Gasteiger partial charge on any atom is 0.323 e. The number of nitrogens with zero attached hydrogens (tertiary/aromatic N) is 2. The average molecular weight is 276 g/mol. The van der Waals surface area contributed by atoms with Gasteiger partial charge < -0.3 is 19.8 Å². The molecular formula is C13H12N2O5. The molecule has 1 aliphatic heterocycles. The molecule has 0 saturated heterocycles. The first-order chi connectivity index (χ1) is 9.51. The number of aliphatic carboxylic acids is 2. The number of hydrogen-bond acceptors (Lipinski definition) is 5. The first kappa shape index (κ1) is 13.7. The first-order valence-corrected chi connectivity index (χ1v) is 5.89. The maximum absolute atomic E-state index is 10.9. The van der Waals surface area contributed by atoms with Gasteiger partial charge in [0.25, 0.3) is 0 Å². The molecule has 0 radical (unpaired) electrons. The molecule has 1 heterocycles. The Kier molecular flexibility index (Phi) is 3.75. The summed E-state index contributed by atoms with van der Waals surface area (Å²) in [6.07, 6.45) is 0.617. The molecule has 1 aromatic rings. The molecule has 0 amide bonds. The molecule has 0 aliphatic carbocycles. The van der Waals surface area contributed by atoms with Crippen molar-refractivity contribution in [1.29, 1.82) is 5.26 Å². The Morgan fingerprint density at radius 3 is 2.50 bits per heavy atom. The molecule has 20 heavy (non-hydrogen) atoms. The van der Waals surface area contributed by atoms with Gasteiger partial charge in [0.2, 0.25) is 0 Å². The highest BCUT2D eigenvalue weighted by Gasteiger charge is 2.24. The summed E-state index contributed by atoms with van der Waals surface area (Å²) in [7, 11) is 0. The quantitative estimate of drug-likeness (QED) is 0.804. The highest BCUT2D eigenvalue weighted by atomic mass is 16.5. The Morgan fingerprint density at radius 1 is 1.30 bits per heavy atom. The van der Waals surface area contributed by atoms with E-state index >= 15 is 0 Å². The normalized spacial score (nSPS) is 12.2. The number of rotatable bonds is 5. The van der Waals surface area contributed by atoms with Crippen LogP contribution in [0, 0.1) is 11.3 Å². The zero-order valence-corrected chi connectivity index (χ0v) is 10.5. The second-order valence-electron chi connectivity index (χ2n) is 4.34. The van der Waals surface area contributed by atoms with Crippen LogP contribution in [-0.4, -0.2) is 41.8 Å². The number of carboxylic acid groups (broad SMARTS) is 2. The standard InChI is InChI=1S/C13H12N2O5/c14-5-8-3-9-1-2-20-13(9)10(4-8)15(6-11(16)17)7-12(18)19/h3-4H,1-2,6-7H2,(H,16,17)(H,18,19). The number of anilines is 1. The number of hydrogen-bond donors (Lipinski definition) is 2. The van der Waals surface area contributed by atoms with Crippen LogP contribution in [0.4, 0.5) is 5.69 Å². The minimum atomic E-state index is -1.15. The SMILES string of the molecule is N#Cc1cc2c(c(N(CC(=O)O)CC(=O)O)c1)OCC2. The van der Waals surface area contributed by atoms with Gasteiger partial charge in [0.15, 0.2) is 0 Å². The van der Waals surface area contributed by atoms with Crippen molar-refractivity contribution in [3.63, 3.8) is 0 Å². The molecule has 0 spiro atoms. The minimum absolute atomic E-state index is 0.335. The van der Waals surface area contributed by atoms with Gasteiger partial charge in [-0.25, -0.2) is 0 Å². The predicted octanol–water partition coefficient (Wildman–Crippen LogP) is 0.469. The zero-order chi connectivity index (χ0) is 14.7. The highest BCUT2D eigenvalue weighted by molar-refractivity contribution is 5.82. The van der Waals surface area contributed by atoms with Crippen LogP contribution >= 0.6 is 0 Å². The first-order valence-electron chi connectivity index (χ1n) is 5.89. The van der Waals surface area contributed by atoms with Crippen LogP contribution in [0.3, 0.4) is 0 Å². The molecule has 1 aromatic carbocycles. The summed E-state index contributed by atoms with van der Waals surface area (Å²) in [5.41, 5.74) is 1.48. The van der Waals surface area contributed by atoms with Gasteiger partial charge >= 0.3 is 11.9 Å². The molecule has 7 heteroatoms. The monoisotopic (exact) mass is 276 g/mol. The van der Waals surface area contributed by atoms with Crippen molar-refractivity contribution >= 4 is 17.6 Å². The lowest BCUT2D eigenvalue weighted by Crippen LogP contribution is -2.34. The molecule has 7 nitrogen and oxygen atoms in total. The second-order valence-corrected chi connectivity index (χ2v) is 4.34. The van der Waals surface area contributed by atoms with E-state index in [2.05, 4.69) is 0 Å². The van der Waals surface area contributed by atoms with Gasteiger partial charge in [-0.3, -0.25) is 9.59 Å². The van der Waals surface area contributed by atoms with Gasteiger partial charge in [-0.15, -0.1) is 0 Å². The van der Waals surface area contributed by atoms with Crippen LogP contribution in [0.5, 0.6) is 5.75 Å². The van der Waals surface area contributed by atoms with Crippen molar-refractivity contribution in [1.82, 2.24) is 0 Å². The van der Waals surface area contributed by atoms with Crippen molar-refractivity contribution in [2.75, 3.05) is 24.6 Å². The number of ether oxygens (including phenoxy) is 1. The van der Waals surface area contributed by atoms with Crippen molar-refractivity contribution in [2.45, 2.75) is 6.42 Å². The predicted molar refractivity (Wildman–Crippen MR) is 67.8 cm³/mol. The Hall–Kier alpha value is -2.75. The lowest BCUT2D eigenvalue weighted by molar-refractivity contribution is -0.136. The molecule has 2 rings (SSSR count). The van der Waals surface area contributed by atoms with Crippen LogP contribution in [-0.2, 0) is 16.0 Å². The minimum Gasteiger partial charge on any atom is -0.491 e. The van der Waals surface area contributed by atoms with Gasteiger partial charge in [0.05, 0.1) is 23.9 Å². The van der Waals surface area contributed by atoms with Gasteiger partial charge in [-0.1, -0.05) is 0 Å². The number of benzene rings is 1. The van der Waals surface area contributed by atoms with E-state index in [-0.39, 0.29) is 0 Å². The molecule has 0 saturated carbocycles. The van der Waals surface area contributed by atoms with Gasteiger partial charge in [0.1, 0.15) is 18.8 Å². The van der Waals surface area contributed by atoms with Crippen LogP contribution in [0.15, 0.2) is 12.1 Å². The Balaban J connectivity index is 2.46. The fourth-order valence-electron chi connectivity index (χ4n) is 2.14. The number of nitriles is 1. The third-order valence-corrected chi connectivity index (χ3v) is 2.89. The summed E-state index contributed by atoms with van der Waals surface area (Å²) in [6.45, 7) is -0.515. The summed E-state index contributed by atoms with van der Waals surface area (Å²) >= 11 is 0. The van der Waals surface area contributed by atoms with E-state index < -0.39 is 25.0 Å².